The highest BCUT2D eigenvalue weighted by Crippen LogP contribution is 2.36. The molecule has 0 bridgehead atoms. The molecule has 0 aliphatic carbocycles. The Hall–Kier alpha value is -1.63. The van der Waals surface area contributed by atoms with E-state index in [1.165, 1.54) is 30.2 Å². The zero-order valence-electron chi connectivity index (χ0n) is 17.0. The average Bonchev–Trinajstić information content (AvgIpc) is 3.05. The van der Waals surface area contributed by atoms with E-state index in [0.717, 1.165) is 23.5 Å². The fourth-order valence-corrected chi connectivity index (χ4v) is 3.65. The molecule has 0 aliphatic rings. The van der Waals surface area contributed by atoms with Crippen LogP contribution in [0.5, 0.6) is 0 Å². The van der Waals surface area contributed by atoms with Gasteiger partial charge in [0, 0.05) is 5.10 Å². The van der Waals surface area contributed by atoms with Crippen molar-refractivity contribution in [3.05, 3.63) is 16.8 Å². The van der Waals surface area contributed by atoms with Gasteiger partial charge in [0.05, 0.1) is 13.0 Å². The summed E-state index contributed by atoms with van der Waals surface area (Å²) >= 11 is 0. The van der Waals surface area contributed by atoms with Gasteiger partial charge in [-0.25, -0.2) is 21.4 Å². The van der Waals surface area contributed by atoms with Crippen molar-refractivity contribution in [1.82, 2.24) is 9.78 Å². The number of hydrogen-bond acceptors (Lipinski definition) is 5. The maximum absolute atomic E-state index is 12.0. The Morgan fingerprint density at radius 3 is 1.76 bits per heavy atom. The largest absolute Gasteiger partial charge is 0.480 e. The average molecular weight is 544 g/mol. The summed E-state index contributed by atoms with van der Waals surface area (Å²) in [6, 6.07) is 0. The molecule has 19 heteroatoms. The predicted octanol–water partition coefficient (Wildman–Crippen LogP) is 4.15. The molecule has 1 rings (SSSR count). The molecule has 1 heterocycles. The molecule has 0 saturated heterocycles. The van der Waals surface area contributed by atoms with Gasteiger partial charge in [0.15, 0.2) is 20.0 Å². The molecule has 33 heavy (non-hydrogen) atoms. The first-order valence-electron chi connectivity index (χ1n) is 9.07. The molecule has 0 saturated carbocycles. The van der Waals surface area contributed by atoms with Crippen LogP contribution in [0.15, 0.2) is 12.7 Å². The number of aryl methyl sites for hydroxylation is 2. The van der Waals surface area contributed by atoms with Crippen molar-refractivity contribution in [2.24, 2.45) is 0 Å². The maximum Gasteiger partial charge on any atom is 0.480 e. The molecule has 0 radical (unpaired) electrons. The lowest BCUT2D eigenvalue weighted by Gasteiger charge is -2.22. The van der Waals surface area contributed by atoms with Crippen molar-refractivity contribution < 1.29 is 60.9 Å². The van der Waals surface area contributed by atoms with Gasteiger partial charge in [-0.05, 0) is 6.42 Å². The van der Waals surface area contributed by atoms with Gasteiger partial charge >= 0.3 is 17.2 Å². The second-order valence-corrected chi connectivity index (χ2v) is 9.87. The molecule has 0 atom stereocenters. The van der Waals surface area contributed by atoms with E-state index in [2.05, 4.69) is 12.0 Å². The second kappa shape index (κ2) is 12.2. The minimum absolute atomic E-state index is 0.0562. The number of alkyl halides is 9. The molecule has 0 aliphatic heterocycles. The van der Waals surface area contributed by atoms with E-state index in [0.29, 0.717) is 0 Å². The van der Waals surface area contributed by atoms with Crippen LogP contribution in [-0.2, 0) is 33.1 Å². The van der Waals surface area contributed by atoms with E-state index in [-0.39, 0.29) is 6.54 Å². The lowest BCUT2D eigenvalue weighted by atomic mass is 10.1. The highest BCUT2D eigenvalue weighted by molar-refractivity contribution is 8.13. The Balaban J connectivity index is 0.000000633. The zero-order valence-corrected chi connectivity index (χ0v) is 18.6. The highest BCUT2D eigenvalue weighted by atomic mass is 32.3. The first-order chi connectivity index (χ1) is 14.7. The number of hydrogen-bond donors (Lipinski definition) is 0. The summed E-state index contributed by atoms with van der Waals surface area (Å²) in [7, 11) is -13.4. The zero-order chi connectivity index (χ0) is 26.1. The third kappa shape index (κ3) is 12.4. The smallest absolute Gasteiger partial charge is 0.421 e. The summed E-state index contributed by atoms with van der Waals surface area (Å²) in [5.74, 6) is 0. The first-order valence-corrected chi connectivity index (χ1v) is 11.9. The fraction of sp³-hybridized carbons (Fsp3) is 0.857. The first kappa shape index (κ1) is 31.4. The molecule has 0 unspecified atom stereocenters. The van der Waals surface area contributed by atoms with E-state index >= 15 is 0 Å². The molecule has 0 spiro atoms. The van der Waals surface area contributed by atoms with Gasteiger partial charge < -0.3 is 4.13 Å². The fourth-order valence-electron chi connectivity index (χ4n) is 1.94. The Bertz CT molecular complexity index is 882. The molecular formula is C14H21F9N4O4S2. The summed E-state index contributed by atoms with van der Waals surface area (Å²) in [6.45, 7) is 2.89. The van der Waals surface area contributed by atoms with Gasteiger partial charge in [-0.15, -0.1) is 4.68 Å². The van der Waals surface area contributed by atoms with E-state index in [1.54, 1.807) is 11.0 Å². The molecule has 8 nitrogen and oxygen atoms in total. The topological polar surface area (TPSA) is 104 Å². The third-order valence-corrected chi connectivity index (χ3v) is 6.30. The monoisotopic (exact) mass is 544 g/mol. The van der Waals surface area contributed by atoms with Crippen LogP contribution < -0.4 is 4.57 Å². The second-order valence-electron chi connectivity index (χ2n) is 6.44. The Kier molecular flexibility index (Phi) is 11.6. The maximum atomic E-state index is 12.0. The van der Waals surface area contributed by atoms with Crippen LogP contribution in [0.4, 0.5) is 39.5 Å². The molecule has 196 valence electrons. The summed E-state index contributed by atoms with van der Waals surface area (Å²) in [5, 5.41) is 4.05. The van der Waals surface area contributed by atoms with E-state index in [4.69, 9.17) is 0 Å². The van der Waals surface area contributed by atoms with Crippen LogP contribution in [0.2, 0.25) is 0 Å². The normalized spacial score (nSPS) is 13.5. The lowest BCUT2D eigenvalue weighted by Crippen LogP contribution is -2.33. The molecular weight excluding hydrogens is 523 g/mol. The Morgan fingerprint density at radius 2 is 1.33 bits per heavy atom. The lowest BCUT2D eigenvalue weighted by molar-refractivity contribution is -0.701. The molecule has 0 amide bonds. The van der Waals surface area contributed by atoms with E-state index < -0.39 is 43.7 Å². The standard InChI is InChI=1S/C12H21F3N3.C2F6NO4S2/c1-2-3-4-5-6-8-18-11-17(10-16-18)9-7-12(13,14)15;3-1(4,5)14(10,11)9-15(12,13)2(6,7)8/h10-11H,2-9H2,1H3;/q+1;-1. The molecule has 0 N–H and O–H groups in total. The van der Waals surface area contributed by atoms with Crippen LogP contribution in [0.1, 0.15) is 45.4 Å². The highest BCUT2D eigenvalue weighted by Gasteiger charge is 2.46. The van der Waals surface area contributed by atoms with Crippen LogP contribution in [0, 0.1) is 0 Å². The van der Waals surface area contributed by atoms with Crippen LogP contribution in [0.3, 0.4) is 0 Å². The number of aromatic nitrogens is 3. The SMILES string of the molecule is CCCCCCCn1c[n+](CCC(F)(F)F)cn1.O=S(=O)([N-]S(=O)(=O)C(F)(F)F)C(F)(F)F. The number of sulfonamides is 2. The van der Waals surface area contributed by atoms with Crippen LogP contribution in [0.25, 0.3) is 4.13 Å². The number of nitrogens with zero attached hydrogens (tertiary/aromatic N) is 4. The number of unbranched alkanes of at least 4 members (excludes halogenated alkanes) is 4. The van der Waals surface area contributed by atoms with Gasteiger partial charge in [0.2, 0.25) is 6.33 Å². The quantitative estimate of drug-likeness (QED) is 0.250. The molecule has 1 aromatic rings. The summed E-state index contributed by atoms with van der Waals surface area (Å²) in [4.78, 5) is 0. The molecule has 0 fully saturated rings. The number of halogens is 9. The van der Waals surface area contributed by atoms with Crippen molar-refractivity contribution in [2.75, 3.05) is 0 Å². The van der Waals surface area contributed by atoms with Gasteiger partial charge in [-0.1, -0.05) is 32.6 Å². The predicted molar refractivity (Wildman–Crippen MR) is 95.2 cm³/mol. The molecule has 0 aromatic carbocycles. The Labute approximate surface area is 183 Å². The summed E-state index contributed by atoms with van der Waals surface area (Å²) < 4.78 is 148. The van der Waals surface area contributed by atoms with Crippen LogP contribution in [-0.4, -0.2) is 43.8 Å². The van der Waals surface area contributed by atoms with E-state index in [1.807, 2.05) is 0 Å². The molecule has 1 aromatic heterocycles. The van der Waals surface area contributed by atoms with Gasteiger partial charge in [-0.3, -0.25) is 0 Å². The minimum Gasteiger partial charge on any atom is -0.421 e. The van der Waals surface area contributed by atoms with Crippen molar-refractivity contribution in [1.29, 1.82) is 0 Å². The van der Waals surface area contributed by atoms with Crippen molar-refractivity contribution in [3.63, 3.8) is 0 Å². The van der Waals surface area contributed by atoms with Gasteiger partial charge in [-0.2, -0.15) is 39.5 Å². The van der Waals surface area contributed by atoms with Crippen LogP contribution >= 0.6 is 0 Å². The Morgan fingerprint density at radius 1 is 0.848 bits per heavy atom. The van der Waals surface area contributed by atoms with Crippen molar-refractivity contribution >= 4 is 20.0 Å². The minimum atomic E-state index is -6.72. The van der Waals surface area contributed by atoms with Crippen molar-refractivity contribution in [3.8, 4) is 0 Å². The summed E-state index contributed by atoms with van der Waals surface area (Å²) in [6.07, 6.45) is 4.03. The van der Waals surface area contributed by atoms with Crippen molar-refractivity contribution in [2.45, 2.75) is 75.7 Å². The number of rotatable bonds is 10. The third-order valence-electron chi connectivity index (χ3n) is 3.56. The van der Waals surface area contributed by atoms with E-state index in [9.17, 15) is 56.3 Å². The van der Waals surface area contributed by atoms with Gasteiger partial charge in [0.25, 0.3) is 6.33 Å². The van der Waals surface area contributed by atoms with Gasteiger partial charge in [0.1, 0.15) is 6.54 Å². The summed E-state index contributed by atoms with van der Waals surface area (Å²) in [5.41, 5.74) is -12.4.